The molecule has 0 bridgehead atoms. The van der Waals surface area contributed by atoms with Gasteiger partial charge < -0.3 is 30.8 Å². The summed E-state index contributed by atoms with van der Waals surface area (Å²) in [5.74, 6) is 2.02. The molecule has 31 heavy (non-hydrogen) atoms. The summed E-state index contributed by atoms with van der Waals surface area (Å²) in [7, 11) is -1.72. The van der Waals surface area contributed by atoms with Crippen LogP contribution in [0.2, 0.25) is 0 Å². The molecule has 0 amide bonds. The van der Waals surface area contributed by atoms with E-state index in [-0.39, 0.29) is 0 Å². The highest BCUT2D eigenvalue weighted by Gasteiger charge is 2.20. The molecule has 0 unspecified atom stereocenters. The van der Waals surface area contributed by atoms with Crippen molar-refractivity contribution >= 4 is 8.60 Å². The van der Waals surface area contributed by atoms with Crippen LogP contribution in [0.25, 0.3) is 0 Å². The number of hydrogen-bond acceptors (Lipinski definition) is 6. The lowest BCUT2D eigenvalue weighted by atomic mass is 10.1. The first-order valence-corrected chi connectivity index (χ1v) is 11.5. The number of rotatable bonds is 12. The van der Waals surface area contributed by atoms with Crippen molar-refractivity contribution in [1.29, 1.82) is 0 Å². The Morgan fingerprint density at radius 3 is 0.935 bits per heavy atom. The minimum Gasteiger partial charge on any atom is -0.409 e. The molecular formula is C24H30N3O3P. The Morgan fingerprint density at radius 2 is 0.710 bits per heavy atom. The van der Waals surface area contributed by atoms with Gasteiger partial charge in [0.05, 0.1) is 0 Å². The van der Waals surface area contributed by atoms with Crippen LogP contribution < -0.4 is 30.8 Å². The third-order valence-electron chi connectivity index (χ3n) is 4.61. The predicted molar refractivity (Wildman–Crippen MR) is 126 cm³/mol. The summed E-state index contributed by atoms with van der Waals surface area (Å²) in [6.45, 7) is 1.83. The summed E-state index contributed by atoms with van der Waals surface area (Å²) in [5, 5.41) is 0. The summed E-state index contributed by atoms with van der Waals surface area (Å²) in [4.78, 5) is 0. The van der Waals surface area contributed by atoms with Crippen molar-refractivity contribution in [2.75, 3.05) is 19.6 Å². The van der Waals surface area contributed by atoms with Gasteiger partial charge in [-0.25, -0.2) is 0 Å². The molecule has 0 atom stereocenters. The van der Waals surface area contributed by atoms with Crippen LogP contribution in [0.5, 0.6) is 17.2 Å². The molecule has 3 aromatic carbocycles. The summed E-state index contributed by atoms with van der Waals surface area (Å²) < 4.78 is 18.2. The molecule has 164 valence electrons. The molecule has 0 heterocycles. The largest absolute Gasteiger partial charge is 0.530 e. The van der Waals surface area contributed by atoms with Crippen LogP contribution in [-0.2, 0) is 19.3 Å². The van der Waals surface area contributed by atoms with E-state index in [9.17, 15) is 0 Å². The molecule has 0 aliphatic carbocycles. The fourth-order valence-corrected chi connectivity index (χ4v) is 3.96. The zero-order valence-corrected chi connectivity index (χ0v) is 18.5. The van der Waals surface area contributed by atoms with Crippen molar-refractivity contribution in [2.24, 2.45) is 17.2 Å². The van der Waals surface area contributed by atoms with E-state index in [1.54, 1.807) is 0 Å². The summed E-state index contributed by atoms with van der Waals surface area (Å²) in [6.07, 6.45) is 2.48. The molecule has 6 nitrogen and oxygen atoms in total. The fourth-order valence-electron chi connectivity index (χ4n) is 2.97. The Bertz CT molecular complexity index is 780. The zero-order valence-electron chi connectivity index (χ0n) is 17.6. The minimum atomic E-state index is -1.72. The predicted octanol–water partition coefficient (Wildman–Crippen LogP) is 3.95. The van der Waals surface area contributed by atoms with E-state index in [4.69, 9.17) is 30.8 Å². The molecule has 3 rings (SSSR count). The first kappa shape index (κ1) is 23.0. The third-order valence-corrected chi connectivity index (χ3v) is 5.69. The molecule has 0 radical (unpaired) electrons. The highest BCUT2D eigenvalue weighted by molar-refractivity contribution is 7.43. The Balaban J connectivity index is 1.73. The first-order valence-electron chi connectivity index (χ1n) is 10.4. The maximum Gasteiger partial charge on any atom is 0.530 e. The standard InChI is InChI=1S/C24H30N3O3P/c25-16-13-19-1-7-22(8-2-19)28-31(29-23-9-3-20(4-10-23)14-17-26)30-24-11-5-21(6-12-24)15-18-27/h1-12H,13-18,25-27H2. The van der Waals surface area contributed by atoms with Crippen molar-refractivity contribution in [3.05, 3.63) is 89.5 Å². The molecule has 0 saturated carbocycles. The minimum absolute atomic E-state index is 0.611. The number of benzene rings is 3. The van der Waals surface area contributed by atoms with E-state index in [1.165, 1.54) is 0 Å². The van der Waals surface area contributed by atoms with Crippen LogP contribution in [0, 0.1) is 0 Å². The smallest absolute Gasteiger partial charge is 0.409 e. The van der Waals surface area contributed by atoms with Crippen LogP contribution in [0.3, 0.4) is 0 Å². The molecule has 0 fully saturated rings. The van der Waals surface area contributed by atoms with E-state index in [0.29, 0.717) is 36.9 Å². The van der Waals surface area contributed by atoms with Gasteiger partial charge in [-0.2, -0.15) is 0 Å². The maximum atomic E-state index is 6.06. The van der Waals surface area contributed by atoms with E-state index in [2.05, 4.69) is 0 Å². The van der Waals surface area contributed by atoms with E-state index < -0.39 is 8.60 Å². The van der Waals surface area contributed by atoms with Gasteiger partial charge in [0.15, 0.2) is 0 Å². The topological polar surface area (TPSA) is 106 Å². The summed E-state index contributed by atoms with van der Waals surface area (Å²) in [5.41, 5.74) is 20.4. The van der Waals surface area contributed by atoms with Crippen LogP contribution in [0.4, 0.5) is 0 Å². The summed E-state index contributed by atoms with van der Waals surface area (Å²) >= 11 is 0. The van der Waals surface area contributed by atoms with Gasteiger partial charge in [-0.3, -0.25) is 0 Å². The number of nitrogens with two attached hydrogens (primary N) is 3. The fraction of sp³-hybridized carbons (Fsp3) is 0.250. The molecule has 6 N–H and O–H groups in total. The molecule has 0 saturated heterocycles. The highest BCUT2D eigenvalue weighted by atomic mass is 31.2. The molecule has 0 aromatic heterocycles. The lowest BCUT2D eigenvalue weighted by Crippen LogP contribution is -2.05. The second-order valence-corrected chi connectivity index (χ2v) is 8.04. The van der Waals surface area contributed by atoms with Gasteiger partial charge in [0.2, 0.25) is 0 Å². The summed E-state index contributed by atoms with van der Waals surface area (Å²) in [6, 6.07) is 23.4. The van der Waals surface area contributed by atoms with E-state index in [1.807, 2.05) is 72.8 Å². The van der Waals surface area contributed by atoms with Gasteiger partial charge in [-0.05, 0) is 92.0 Å². The van der Waals surface area contributed by atoms with Gasteiger partial charge in [0.25, 0.3) is 0 Å². The van der Waals surface area contributed by atoms with Crippen LogP contribution in [0.1, 0.15) is 16.7 Å². The third kappa shape index (κ3) is 7.53. The quantitative estimate of drug-likeness (QED) is 0.369. The van der Waals surface area contributed by atoms with Crippen LogP contribution >= 0.6 is 8.60 Å². The van der Waals surface area contributed by atoms with Crippen LogP contribution in [0.15, 0.2) is 72.8 Å². The number of hydrogen-bond donors (Lipinski definition) is 3. The molecule has 3 aromatic rings. The molecule has 0 aliphatic heterocycles. The SMILES string of the molecule is NCCc1ccc(OP(Oc2ccc(CCN)cc2)Oc2ccc(CCN)cc2)cc1. The molecule has 7 heteroatoms. The van der Waals surface area contributed by atoms with Gasteiger partial charge in [0, 0.05) is 0 Å². The van der Waals surface area contributed by atoms with Crippen molar-refractivity contribution < 1.29 is 13.6 Å². The maximum absolute atomic E-state index is 6.06. The second kappa shape index (κ2) is 12.3. The Labute approximate surface area is 185 Å². The van der Waals surface area contributed by atoms with E-state index in [0.717, 1.165) is 36.0 Å². The lowest BCUT2D eigenvalue weighted by Gasteiger charge is -2.18. The molecule has 0 aliphatic rings. The zero-order chi connectivity index (χ0) is 21.9. The highest BCUT2D eigenvalue weighted by Crippen LogP contribution is 2.42. The van der Waals surface area contributed by atoms with Crippen LogP contribution in [-0.4, -0.2) is 19.6 Å². The van der Waals surface area contributed by atoms with Gasteiger partial charge in [0.1, 0.15) is 17.2 Å². The molecular weight excluding hydrogens is 409 g/mol. The van der Waals surface area contributed by atoms with Crippen molar-refractivity contribution in [3.8, 4) is 17.2 Å². The Hall–Kier alpha value is -2.63. The normalized spacial score (nSPS) is 10.8. The van der Waals surface area contributed by atoms with E-state index >= 15 is 0 Å². The Morgan fingerprint density at radius 1 is 0.452 bits per heavy atom. The van der Waals surface area contributed by atoms with Crippen molar-refractivity contribution in [3.63, 3.8) is 0 Å². The average Bonchev–Trinajstić information content (AvgIpc) is 2.78. The lowest BCUT2D eigenvalue weighted by molar-refractivity contribution is 0.388. The van der Waals surface area contributed by atoms with Crippen molar-refractivity contribution in [1.82, 2.24) is 0 Å². The monoisotopic (exact) mass is 439 g/mol. The second-order valence-electron chi connectivity index (χ2n) is 7.05. The molecule has 0 spiro atoms. The Kier molecular flexibility index (Phi) is 9.13. The average molecular weight is 439 g/mol. The van der Waals surface area contributed by atoms with Gasteiger partial charge in [-0.1, -0.05) is 36.4 Å². The first-order chi connectivity index (χ1) is 15.2. The van der Waals surface area contributed by atoms with Gasteiger partial charge >= 0.3 is 8.60 Å². The van der Waals surface area contributed by atoms with Crippen molar-refractivity contribution in [2.45, 2.75) is 19.3 Å². The van der Waals surface area contributed by atoms with Gasteiger partial charge in [-0.15, -0.1) is 0 Å².